The summed E-state index contributed by atoms with van der Waals surface area (Å²) in [6.07, 6.45) is 3.55. The molecule has 0 bridgehead atoms. The van der Waals surface area contributed by atoms with Crippen LogP contribution in [0.1, 0.15) is 11.6 Å². The fourth-order valence-corrected chi connectivity index (χ4v) is 2.77. The summed E-state index contributed by atoms with van der Waals surface area (Å²) in [5, 5.41) is 15.6. The summed E-state index contributed by atoms with van der Waals surface area (Å²) >= 11 is 0. The standard InChI is InChI=1S/C15H23N9O.HI/c1-11-19-20-13(22(11)4)8-17-15(16-2)23-5-6-24(14(25)10-23)12-7-18-21(3)9-12;/h7,9H,5-6,8,10H2,1-4H3,(H,16,17);1H. The zero-order valence-electron chi connectivity index (χ0n) is 15.4. The monoisotopic (exact) mass is 473 g/mol. The third-order valence-corrected chi connectivity index (χ3v) is 4.32. The molecule has 0 aliphatic carbocycles. The van der Waals surface area contributed by atoms with Crippen LogP contribution in [0.2, 0.25) is 0 Å². The van der Waals surface area contributed by atoms with Gasteiger partial charge in [0.15, 0.2) is 11.8 Å². The summed E-state index contributed by atoms with van der Waals surface area (Å²) in [5.41, 5.74) is 0.824. The summed E-state index contributed by atoms with van der Waals surface area (Å²) in [7, 11) is 5.47. The topological polar surface area (TPSA) is 96.5 Å². The summed E-state index contributed by atoms with van der Waals surface area (Å²) in [6, 6.07) is 0. The third kappa shape index (κ3) is 4.14. The van der Waals surface area contributed by atoms with Crippen molar-refractivity contribution in [3.05, 3.63) is 24.0 Å². The first kappa shape index (κ1) is 20.1. The van der Waals surface area contributed by atoms with Gasteiger partial charge in [-0.05, 0) is 6.92 Å². The molecule has 142 valence electrons. The first-order valence-corrected chi connectivity index (χ1v) is 8.09. The van der Waals surface area contributed by atoms with Crippen molar-refractivity contribution in [2.75, 3.05) is 31.6 Å². The highest BCUT2D eigenvalue weighted by Crippen LogP contribution is 2.16. The lowest BCUT2D eigenvalue weighted by Gasteiger charge is -2.35. The fraction of sp³-hybridized carbons (Fsp3) is 0.533. The molecule has 10 nitrogen and oxygen atoms in total. The van der Waals surface area contributed by atoms with Gasteiger partial charge < -0.3 is 19.7 Å². The molecule has 1 aliphatic rings. The van der Waals surface area contributed by atoms with E-state index in [4.69, 9.17) is 0 Å². The fourth-order valence-electron chi connectivity index (χ4n) is 2.77. The Hall–Kier alpha value is -2.18. The Morgan fingerprint density at radius 3 is 2.62 bits per heavy atom. The van der Waals surface area contributed by atoms with Crippen molar-refractivity contribution in [3.63, 3.8) is 0 Å². The molecule has 1 amide bonds. The van der Waals surface area contributed by atoms with E-state index in [9.17, 15) is 4.79 Å². The van der Waals surface area contributed by atoms with Crippen LogP contribution in [0.15, 0.2) is 17.4 Å². The van der Waals surface area contributed by atoms with Gasteiger partial charge in [0.25, 0.3) is 0 Å². The number of aliphatic imine (C=N–C) groups is 1. The van der Waals surface area contributed by atoms with E-state index in [0.717, 1.165) is 17.3 Å². The number of rotatable bonds is 3. The molecular weight excluding hydrogens is 449 g/mol. The highest BCUT2D eigenvalue weighted by atomic mass is 127. The molecule has 0 spiro atoms. The first-order chi connectivity index (χ1) is 12.0. The molecule has 2 aromatic rings. The van der Waals surface area contributed by atoms with Crippen LogP contribution in [0.3, 0.4) is 0 Å². The van der Waals surface area contributed by atoms with Crippen molar-refractivity contribution >= 4 is 41.5 Å². The molecule has 2 aromatic heterocycles. The molecular formula is C15H24IN9O. The van der Waals surface area contributed by atoms with E-state index in [1.165, 1.54) is 0 Å². The van der Waals surface area contributed by atoms with E-state index in [-0.39, 0.29) is 36.4 Å². The van der Waals surface area contributed by atoms with Gasteiger partial charge in [-0.1, -0.05) is 0 Å². The van der Waals surface area contributed by atoms with Gasteiger partial charge in [-0.15, -0.1) is 34.2 Å². The van der Waals surface area contributed by atoms with Gasteiger partial charge in [0.1, 0.15) is 12.4 Å². The average molecular weight is 473 g/mol. The molecule has 0 saturated carbocycles. The van der Waals surface area contributed by atoms with Crippen molar-refractivity contribution in [3.8, 4) is 0 Å². The van der Waals surface area contributed by atoms with Crippen molar-refractivity contribution in [2.24, 2.45) is 19.1 Å². The molecule has 11 heteroatoms. The first-order valence-electron chi connectivity index (χ1n) is 8.09. The maximum atomic E-state index is 12.5. The maximum Gasteiger partial charge on any atom is 0.246 e. The van der Waals surface area contributed by atoms with Crippen LogP contribution in [0.5, 0.6) is 0 Å². The minimum absolute atomic E-state index is 0. The number of halogens is 1. The molecule has 0 unspecified atom stereocenters. The van der Waals surface area contributed by atoms with Gasteiger partial charge in [-0.2, -0.15) is 5.10 Å². The highest BCUT2D eigenvalue weighted by molar-refractivity contribution is 14.0. The molecule has 3 heterocycles. The lowest BCUT2D eigenvalue weighted by Crippen LogP contribution is -2.55. The van der Waals surface area contributed by atoms with Crippen LogP contribution in [-0.4, -0.2) is 68.0 Å². The van der Waals surface area contributed by atoms with Crippen LogP contribution in [0.25, 0.3) is 0 Å². The molecule has 0 aromatic carbocycles. The third-order valence-electron chi connectivity index (χ3n) is 4.32. The quantitative estimate of drug-likeness (QED) is 0.380. The lowest BCUT2D eigenvalue weighted by atomic mass is 10.3. The number of guanidine groups is 1. The molecule has 1 aliphatic heterocycles. The van der Waals surface area contributed by atoms with E-state index in [1.54, 1.807) is 22.8 Å². The minimum Gasteiger partial charge on any atom is -0.349 e. The van der Waals surface area contributed by atoms with Gasteiger partial charge in [-0.25, -0.2) is 0 Å². The minimum atomic E-state index is 0. The number of carbonyl (C=O) groups is 1. The van der Waals surface area contributed by atoms with Crippen molar-refractivity contribution in [2.45, 2.75) is 13.5 Å². The molecule has 26 heavy (non-hydrogen) atoms. The zero-order valence-corrected chi connectivity index (χ0v) is 17.7. The number of nitrogens with zero attached hydrogens (tertiary/aromatic N) is 8. The average Bonchev–Trinajstić information content (AvgIpc) is 3.16. The Bertz CT molecular complexity index is 797. The Labute approximate surface area is 169 Å². The largest absolute Gasteiger partial charge is 0.349 e. The van der Waals surface area contributed by atoms with Crippen LogP contribution in [0, 0.1) is 6.92 Å². The van der Waals surface area contributed by atoms with Crippen LogP contribution in [0.4, 0.5) is 5.69 Å². The molecule has 0 atom stereocenters. The van der Waals surface area contributed by atoms with E-state index in [1.807, 2.05) is 36.7 Å². The number of hydrogen-bond acceptors (Lipinski definition) is 5. The number of anilines is 1. The Morgan fingerprint density at radius 2 is 2.08 bits per heavy atom. The predicted octanol–water partition coefficient (Wildman–Crippen LogP) is -0.101. The summed E-state index contributed by atoms with van der Waals surface area (Å²) in [4.78, 5) is 20.5. The molecule has 0 radical (unpaired) electrons. The number of nitrogens with one attached hydrogen (secondary N) is 1. The number of amides is 1. The van der Waals surface area contributed by atoms with Crippen LogP contribution in [-0.2, 0) is 25.4 Å². The van der Waals surface area contributed by atoms with Gasteiger partial charge in [0.05, 0.1) is 18.4 Å². The summed E-state index contributed by atoms with van der Waals surface area (Å²) in [5.74, 6) is 2.38. The van der Waals surface area contributed by atoms with Crippen molar-refractivity contribution < 1.29 is 4.79 Å². The maximum absolute atomic E-state index is 12.5. The Morgan fingerprint density at radius 1 is 1.31 bits per heavy atom. The van der Waals surface area contributed by atoms with E-state index < -0.39 is 0 Å². The molecule has 1 saturated heterocycles. The van der Waals surface area contributed by atoms with Gasteiger partial charge in [0, 0.05) is 40.4 Å². The zero-order chi connectivity index (χ0) is 18.0. The molecule has 1 N–H and O–H groups in total. The Balaban J connectivity index is 0.00000243. The van der Waals surface area contributed by atoms with E-state index in [0.29, 0.717) is 25.6 Å². The van der Waals surface area contributed by atoms with Gasteiger partial charge in [-0.3, -0.25) is 14.5 Å². The van der Waals surface area contributed by atoms with Crippen molar-refractivity contribution in [1.29, 1.82) is 0 Å². The smallest absolute Gasteiger partial charge is 0.246 e. The predicted molar refractivity (Wildman–Crippen MR) is 108 cm³/mol. The number of piperazine rings is 1. The normalized spacial score (nSPS) is 15.2. The summed E-state index contributed by atoms with van der Waals surface area (Å²) < 4.78 is 3.62. The second kappa shape index (κ2) is 8.47. The van der Waals surface area contributed by atoms with Crippen LogP contribution >= 0.6 is 24.0 Å². The molecule has 3 rings (SSSR count). The van der Waals surface area contributed by atoms with Gasteiger partial charge >= 0.3 is 0 Å². The van der Waals surface area contributed by atoms with Crippen molar-refractivity contribution in [1.82, 2.24) is 34.8 Å². The SMILES string of the molecule is CN=C(NCc1nnc(C)n1C)N1CCN(c2cnn(C)c2)C(=O)C1.I. The highest BCUT2D eigenvalue weighted by Gasteiger charge is 2.27. The lowest BCUT2D eigenvalue weighted by molar-refractivity contribution is -0.120. The summed E-state index contributed by atoms with van der Waals surface area (Å²) in [6.45, 7) is 3.96. The Kier molecular flexibility index (Phi) is 6.56. The number of aromatic nitrogens is 5. The van der Waals surface area contributed by atoms with E-state index in [2.05, 4.69) is 25.6 Å². The second-order valence-corrected chi connectivity index (χ2v) is 5.96. The number of carbonyl (C=O) groups excluding carboxylic acids is 1. The second-order valence-electron chi connectivity index (χ2n) is 5.96. The number of hydrogen-bond donors (Lipinski definition) is 1. The van der Waals surface area contributed by atoms with Crippen LogP contribution < -0.4 is 10.2 Å². The van der Waals surface area contributed by atoms with E-state index >= 15 is 0 Å². The number of aryl methyl sites for hydroxylation is 2. The van der Waals surface area contributed by atoms with Gasteiger partial charge in [0.2, 0.25) is 5.91 Å². The molecule has 1 fully saturated rings.